The first-order chi connectivity index (χ1) is 10.3. The summed E-state index contributed by atoms with van der Waals surface area (Å²) in [6.07, 6.45) is 1.78. The van der Waals surface area contributed by atoms with Crippen molar-refractivity contribution in [1.29, 1.82) is 0 Å². The highest BCUT2D eigenvalue weighted by Gasteiger charge is 2.12. The van der Waals surface area contributed by atoms with Crippen molar-refractivity contribution in [2.45, 2.75) is 6.54 Å². The Balaban J connectivity index is 1.64. The molecule has 21 heavy (non-hydrogen) atoms. The standard InChI is InChI=1S/C15H17ClN4O/c16-13-3-1-12(2-4-13)11-18-15-17-6-5-14(19-15)20-7-9-21-10-8-20/h1-6H,7-11H2,(H,17,18,19). The average Bonchev–Trinajstić information content (AvgIpc) is 2.55. The van der Waals surface area contributed by atoms with Gasteiger partial charge in [-0.25, -0.2) is 4.98 Å². The van der Waals surface area contributed by atoms with E-state index >= 15 is 0 Å². The smallest absolute Gasteiger partial charge is 0.224 e. The van der Waals surface area contributed by atoms with Gasteiger partial charge in [0.25, 0.3) is 0 Å². The maximum atomic E-state index is 5.87. The molecule has 0 unspecified atom stereocenters. The van der Waals surface area contributed by atoms with Gasteiger partial charge in [0.05, 0.1) is 13.2 Å². The molecule has 2 aromatic rings. The van der Waals surface area contributed by atoms with Crippen LogP contribution in [0.2, 0.25) is 5.02 Å². The van der Waals surface area contributed by atoms with E-state index in [1.807, 2.05) is 30.3 Å². The van der Waals surface area contributed by atoms with E-state index in [9.17, 15) is 0 Å². The van der Waals surface area contributed by atoms with Crippen LogP contribution in [0.4, 0.5) is 11.8 Å². The number of nitrogens with one attached hydrogen (secondary N) is 1. The van der Waals surface area contributed by atoms with Crippen molar-refractivity contribution in [3.63, 3.8) is 0 Å². The van der Waals surface area contributed by atoms with E-state index < -0.39 is 0 Å². The lowest BCUT2D eigenvalue weighted by Gasteiger charge is -2.27. The van der Waals surface area contributed by atoms with Crippen LogP contribution in [0.5, 0.6) is 0 Å². The molecule has 0 radical (unpaired) electrons. The largest absolute Gasteiger partial charge is 0.378 e. The van der Waals surface area contributed by atoms with Gasteiger partial charge in [-0.1, -0.05) is 23.7 Å². The van der Waals surface area contributed by atoms with E-state index in [-0.39, 0.29) is 0 Å². The van der Waals surface area contributed by atoms with E-state index in [1.54, 1.807) is 6.20 Å². The Kier molecular flexibility index (Phi) is 4.52. The molecule has 0 atom stereocenters. The van der Waals surface area contributed by atoms with Crippen LogP contribution in [0.25, 0.3) is 0 Å². The van der Waals surface area contributed by atoms with Crippen LogP contribution in [0, 0.1) is 0 Å². The van der Waals surface area contributed by atoms with Crippen LogP contribution < -0.4 is 10.2 Å². The average molecular weight is 305 g/mol. The minimum atomic E-state index is 0.633. The minimum Gasteiger partial charge on any atom is -0.378 e. The fourth-order valence-corrected chi connectivity index (χ4v) is 2.31. The molecular formula is C15H17ClN4O. The number of halogens is 1. The maximum Gasteiger partial charge on any atom is 0.224 e. The monoisotopic (exact) mass is 304 g/mol. The number of aromatic nitrogens is 2. The summed E-state index contributed by atoms with van der Waals surface area (Å²) in [4.78, 5) is 11.0. The van der Waals surface area contributed by atoms with Crippen molar-refractivity contribution in [3.8, 4) is 0 Å². The van der Waals surface area contributed by atoms with Gasteiger partial charge in [0, 0.05) is 30.9 Å². The molecule has 0 spiro atoms. The molecule has 3 rings (SSSR count). The Morgan fingerprint density at radius 3 is 2.67 bits per heavy atom. The molecule has 1 aromatic carbocycles. The van der Waals surface area contributed by atoms with Crippen molar-refractivity contribution in [2.75, 3.05) is 36.5 Å². The van der Waals surface area contributed by atoms with Gasteiger partial charge in [0.1, 0.15) is 5.82 Å². The molecule has 0 aliphatic carbocycles. The van der Waals surface area contributed by atoms with Crippen LogP contribution in [0.15, 0.2) is 36.5 Å². The van der Waals surface area contributed by atoms with Crippen molar-refractivity contribution in [1.82, 2.24) is 9.97 Å². The summed E-state index contributed by atoms with van der Waals surface area (Å²) in [5.41, 5.74) is 1.14. The minimum absolute atomic E-state index is 0.633. The van der Waals surface area contributed by atoms with Crippen LogP contribution in [0.1, 0.15) is 5.56 Å². The maximum absolute atomic E-state index is 5.87. The third kappa shape index (κ3) is 3.83. The van der Waals surface area contributed by atoms with Gasteiger partial charge >= 0.3 is 0 Å². The molecule has 1 fully saturated rings. The molecule has 110 valence electrons. The second-order valence-corrected chi connectivity index (χ2v) is 5.25. The predicted molar refractivity (Wildman–Crippen MR) is 83.8 cm³/mol. The molecule has 6 heteroatoms. The van der Waals surface area contributed by atoms with Gasteiger partial charge < -0.3 is 15.0 Å². The summed E-state index contributed by atoms with van der Waals surface area (Å²) in [5.74, 6) is 1.57. The van der Waals surface area contributed by atoms with E-state index in [0.29, 0.717) is 12.5 Å². The van der Waals surface area contributed by atoms with Crippen molar-refractivity contribution < 1.29 is 4.74 Å². The molecular weight excluding hydrogens is 288 g/mol. The lowest BCUT2D eigenvalue weighted by molar-refractivity contribution is 0.122. The molecule has 2 heterocycles. The molecule has 1 saturated heterocycles. The van der Waals surface area contributed by atoms with E-state index in [2.05, 4.69) is 20.2 Å². The molecule has 0 bridgehead atoms. The van der Waals surface area contributed by atoms with Crippen LogP contribution in [-0.2, 0) is 11.3 Å². The highest BCUT2D eigenvalue weighted by molar-refractivity contribution is 6.30. The van der Waals surface area contributed by atoms with E-state index in [4.69, 9.17) is 16.3 Å². The van der Waals surface area contributed by atoms with Gasteiger partial charge in [-0.3, -0.25) is 0 Å². The molecule has 1 aliphatic heterocycles. The summed E-state index contributed by atoms with van der Waals surface area (Å²) in [5, 5.41) is 3.98. The second-order valence-electron chi connectivity index (χ2n) is 4.82. The number of hydrogen-bond donors (Lipinski definition) is 1. The first kappa shape index (κ1) is 14.1. The lowest BCUT2D eigenvalue weighted by atomic mass is 10.2. The van der Waals surface area contributed by atoms with Crippen molar-refractivity contribution in [3.05, 3.63) is 47.1 Å². The van der Waals surface area contributed by atoms with Gasteiger partial charge in [-0.05, 0) is 23.8 Å². The Bertz CT molecular complexity index is 584. The van der Waals surface area contributed by atoms with Crippen molar-refractivity contribution in [2.24, 2.45) is 0 Å². The van der Waals surface area contributed by atoms with Crippen molar-refractivity contribution >= 4 is 23.4 Å². The first-order valence-electron chi connectivity index (χ1n) is 6.95. The van der Waals surface area contributed by atoms with Gasteiger partial charge in [0.15, 0.2) is 0 Å². The second kappa shape index (κ2) is 6.74. The number of morpholine rings is 1. The number of hydrogen-bond acceptors (Lipinski definition) is 5. The highest BCUT2D eigenvalue weighted by Crippen LogP contribution is 2.15. The molecule has 1 aliphatic rings. The zero-order valence-corrected chi connectivity index (χ0v) is 12.4. The first-order valence-corrected chi connectivity index (χ1v) is 7.33. The Morgan fingerprint density at radius 1 is 1.14 bits per heavy atom. The summed E-state index contributed by atoms with van der Waals surface area (Å²) in [6.45, 7) is 3.90. The Hall–Kier alpha value is -1.85. The normalized spacial score (nSPS) is 15.0. The SMILES string of the molecule is Clc1ccc(CNc2nccc(N3CCOCC3)n2)cc1. The van der Waals surface area contributed by atoms with Crippen LogP contribution in [-0.4, -0.2) is 36.3 Å². The summed E-state index contributed by atoms with van der Waals surface area (Å²) < 4.78 is 5.35. The predicted octanol–water partition coefficient (Wildman–Crippen LogP) is 2.58. The number of benzene rings is 1. The third-order valence-corrected chi connectivity index (χ3v) is 3.59. The molecule has 0 saturated carbocycles. The quantitative estimate of drug-likeness (QED) is 0.941. The number of ether oxygens (including phenoxy) is 1. The zero-order chi connectivity index (χ0) is 14.5. The zero-order valence-electron chi connectivity index (χ0n) is 11.6. The molecule has 5 nitrogen and oxygen atoms in total. The van der Waals surface area contributed by atoms with Crippen LogP contribution in [0.3, 0.4) is 0 Å². The number of nitrogens with zero attached hydrogens (tertiary/aromatic N) is 3. The third-order valence-electron chi connectivity index (χ3n) is 3.34. The van der Waals surface area contributed by atoms with Gasteiger partial charge in [-0.15, -0.1) is 0 Å². The Labute approximate surface area is 128 Å². The summed E-state index contributed by atoms with van der Waals surface area (Å²) in [7, 11) is 0. The van der Waals surface area contributed by atoms with Gasteiger partial charge in [-0.2, -0.15) is 4.98 Å². The van der Waals surface area contributed by atoms with Gasteiger partial charge in [0.2, 0.25) is 5.95 Å². The molecule has 1 N–H and O–H groups in total. The Morgan fingerprint density at radius 2 is 1.90 bits per heavy atom. The number of rotatable bonds is 4. The van der Waals surface area contributed by atoms with E-state index in [1.165, 1.54) is 0 Å². The highest BCUT2D eigenvalue weighted by atomic mass is 35.5. The summed E-state index contributed by atoms with van der Waals surface area (Å²) in [6, 6.07) is 9.66. The molecule has 1 aromatic heterocycles. The van der Waals surface area contributed by atoms with E-state index in [0.717, 1.165) is 42.7 Å². The number of anilines is 2. The fourth-order valence-electron chi connectivity index (χ4n) is 2.19. The summed E-state index contributed by atoms with van der Waals surface area (Å²) >= 11 is 5.87. The van der Waals surface area contributed by atoms with Crippen LogP contribution >= 0.6 is 11.6 Å². The molecule has 0 amide bonds. The topological polar surface area (TPSA) is 50.3 Å². The fraction of sp³-hybridized carbons (Fsp3) is 0.333. The lowest BCUT2D eigenvalue weighted by Crippen LogP contribution is -2.36.